The zero-order chi connectivity index (χ0) is 11.4. The minimum absolute atomic E-state index is 0.519. The molecule has 0 radical (unpaired) electrons. The van der Waals surface area contributed by atoms with Gasteiger partial charge in [-0.3, -0.25) is 0 Å². The maximum absolute atomic E-state index is 12.4. The summed E-state index contributed by atoms with van der Waals surface area (Å²) in [5.74, 6) is -0.628. The first-order chi connectivity index (χ1) is 6.29. The van der Waals surface area contributed by atoms with E-state index in [9.17, 15) is 13.2 Å². The Balaban J connectivity index is 4.67. The summed E-state index contributed by atoms with van der Waals surface area (Å²) < 4.78 is 37.1. The van der Waals surface area contributed by atoms with Gasteiger partial charge in [-0.2, -0.15) is 13.2 Å². The largest absolute Gasteiger partial charge is 0.412 e. The Labute approximate surface area is 82.8 Å². The van der Waals surface area contributed by atoms with Gasteiger partial charge in [0.25, 0.3) is 0 Å². The first-order valence-corrected chi connectivity index (χ1v) is 4.36. The molecule has 0 rings (SSSR count). The molecule has 0 saturated carbocycles. The second kappa shape index (κ2) is 5.03. The predicted molar refractivity (Wildman–Crippen MR) is 52.9 cm³/mol. The van der Waals surface area contributed by atoms with E-state index in [-0.39, 0.29) is 0 Å². The molecule has 1 atom stereocenters. The Hall–Kier alpha value is -0.990. The van der Waals surface area contributed by atoms with Crippen LogP contribution in [-0.4, -0.2) is 6.18 Å². The summed E-state index contributed by atoms with van der Waals surface area (Å²) >= 11 is 0. The zero-order valence-electron chi connectivity index (χ0n) is 8.65. The van der Waals surface area contributed by atoms with Crippen molar-refractivity contribution in [3.63, 3.8) is 0 Å². The van der Waals surface area contributed by atoms with E-state index in [1.54, 1.807) is 13.0 Å². The van der Waals surface area contributed by atoms with Crippen molar-refractivity contribution >= 4 is 0 Å². The zero-order valence-corrected chi connectivity index (χ0v) is 8.65. The molecular formula is C11H15F3. The van der Waals surface area contributed by atoms with Crippen molar-refractivity contribution in [3.8, 4) is 0 Å². The third-order valence-corrected chi connectivity index (χ3v) is 1.80. The fraction of sp³-hybridized carbons (Fsp3) is 0.455. The van der Waals surface area contributed by atoms with Gasteiger partial charge in [0, 0.05) is 11.5 Å². The minimum atomic E-state index is -4.24. The molecule has 0 heterocycles. The molecule has 3 heteroatoms. The van der Waals surface area contributed by atoms with Crippen LogP contribution in [0.1, 0.15) is 20.8 Å². The van der Waals surface area contributed by atoms with Crippen molar-refractivity contribution in [3.05, 3.63) is 36.0 Å². The number of hydrogen-bond donors (Lipinski definition) is 0. The van der Waals surface area contributed by atoms with E-state index in [1.807, 2.05) is 0 Å². The summed E-state index contributed by atoms with van der Waals surface area (Å²) in [5.41, 5.74) is 0.226. The topological polar surface area (TPSA) is 0 Å². The van der Waals surface area contributed by atoms with E-state index in [0.29, 0.717) is 0 Å². The van der Waals surface area contributed by atoms with Gasteiger partial charge in [0.1, 0.15) is 0 Å². The molecular weight excluding hydrogens is 189 g/mol. The molecule has 0 bridgehead atoms. The fourth-order valence-corrected chi connectivity index (χ4v) is 1.10. The van der Waals surface area contributed by atoms with Gasteiger partial charge in [0.2, 0.25) is 0 Å². The predicted octanol–water partition coefficient (Wildman–Crippen LogP) is 4.26. The summed E-state index contributed by atoms with van der Waals surface area (Å²) in [6.07, 6.45) is -0.0356. The molecule has 0 spiro atoms. The molecule has 0 aromatic carbocycles. The van der Waals surface area contributed by atoms with E-state index < -0.39 is 17.7 Å². The third-order valence-electron chi connectivity index (χ3n) is 1.80. The molecule has 0 N–H and O–H groups in total. The van der Waals surface area contributed by atoms with Gasteiger partial charge in [-0.15, -0.1) is 0 Å². The van der Waals surface area contributed by atoms with Crippen LogP contribution in [0.4, 0.5) is 13.2 Å². The molecule has 0 aliphatic carbocycles. The summed E-state index contributed by atoms with van der Waals surface area (Å²) in [6, 6.07) is 0. The minimum Gasteiger partial charge on any atom is -0.166 e. The number of alkyl halides is 3. The van der Waals surface area contributed by atoms with E-state index in [2.05, 4.69) is 6.58 Å². The first kappa shape index (κ1) is 13.0. The van der Waals surface area contributed by atoms with Gasteiger partial charge in [-0.1, -0.05) is 37.3 Å². The average Bonchev–Trinajstić information content (AvgIpc) is 1.99. The van der Waals surface area contributed by atoms with Crippen molar-refractivity contribution in [2.24, 2.45) is 5.92 Å². The van der Waals surface area contributed by atoms with Gasteiger partial charge in [-0.05, 0) is 13.8 Å². The smallest absolute Gasteiger partial charge is 0.166 e. The molecule has 0 saturated heterocycles. The second-order valence-corrected chi connectivity index (χ2v) is 3.24. The highest BCUT2D eigenvalue weighted by Gasteiger charge is 2.35. The summed E-state index contributed by atoms with van der Waals surface area (Å²) in [6.45, 7) is 8.24. The third kappa shape index (κ3) is 4.30. The Kier molecular flexibility index (Phi) is 4.68. The number of hydrogen-bond acceptors (Lipinski definition) is 0. The number of halogens is 3. The number of rotatable bonds is 3. The van der Waals surface area contributed by atoms with Crippen LogP contribution in [0.25, 0.3) is 0 Å². The Bertz CT molecular complexity index is 256. The molecule has 0 aliphatic heterocycles. The molecule has 0 fully saturated rings. The number of allylic oxidation sites excluding steroid dienone is 5. The van der Waals surface area contributed by atoms with Crippen LogP contribution in [0.3, 0.4) is 0 Å². The van der Waals surface area contributed by atoms with Crippen LogP contribution in [0.5, 0.6) is 0 Å². The SMILES string of the molecule is C=C(C)/C=C/C(C)/C(=C\C)C(F)(F)F. The van der Waals surface area contributed by atoms with E-state index >= 15 is 0 Å². The van der Waals surface area contributed by atoms with Gasteiger partial charge in [0.05, 0.1) is 0 Å². The summed E-state index contributed by atoms with van der Waals surface area (Å²) in [5, 5.41) is 0. The monoisotopic (exact) mass is 204 g/mol. The highest BCUT2D eigenvalue weighted by atomic mass is 19.4. The lowest BCUT2D eigenvalue weighted by atomic mass is 9.99. The van der Waals surface area contributed by atoms with Crippen LogP contribution < -0.4 is 0 Å². The highest BCUT2D eigenvalue weighted by Crippen LogP contribution is 2.31. The van der Waals surface area contributed by atoms with Crippen LogP contribution in [0.2, 0.25) is 0 Å². The van der Waals surface area contributed by atoms with Gasteiger partial charge >= 0.3 is 6.18 Å². The van der Waals surface area contributed by atoms with Crippen molar-refractivity contribution < 1.29 is 13.2 Å². The molecule has 0 aliphatic rings. The van der Waals surface area contributed by atoms with Crippen molar-refractivity contribution in [2.75, 3.05) is 0 Å². The molecule has 0 aromatic heterocycles. The Morgan fingerprint density at radius 2 is 1.86 bits per heavy atom. The van der Waals surface area contributed by atoms with Crippen molar-refractivity contribution in [2.45, 2.75) is 26.9 Å². The summed E-state index contributed by atoms with van der Waals surface area (Å²) in [4.78, 5) is 0. The van der Waals surface area contributed by atoms with Crippen LogP contribution in [0.15, 0.2) is 36.0 Å². The van der Waals surface area contributed by atoms with Gasteiger partial charge in [-0.25, -0.2) is 0 Å². The average molecular weight is 204 g/mol. The molecule has 1 unspecified atom stereocenters. The lowest BCUT2D eigenvalue weighted by molar-refractivity contribution is -0.0967. The molecule has 0 nitrogen and oxygen atoms in total. The normalized spacial score (nSPS) is 16.0. The van der Waals surface area contributed by atoms with E-state index in [0.717, 1.165) is 11.6 Å². The molecule has 14 heavy (non-hydrogen) atoms. The van der Waals surface area contributed by atoms with E-state index in [1.165, 1.54) is 19.9 Å². The highest BCUT2D eigenvalue weighted by molar-refractivity contribution is 5.21. The summed E-state index contributed by atoms with van der Waals surface area (Å²) in [7, 11) is 0. The van der Waals surface area contributed by atoms with Crippen LogP contribution in [-0.2, 0) is 0 Å². The van der Waals surface area contributed by atoms with Crippen LogP contribution in [0, 0.1) is 5.92 Å². The first-order valence-electron chi connectivity index (χ1n) is 4.36. The maximum Gasteiger partial charge on any atom is 0.412 e. The Morgan fingerprint density at radius 3 is 2.14 bits per heavy atom. The van der Waals surface area contributed by atoms with Crippen molar-refractivity contribution in [1.82, 2.24) is 0 Å². The fourth-order valence-electron chi connectivity index (χ4n) is 1.10. The quantitative estimate of drug-likeness (QED) is 0.476. The molecule has 0 amide bonds. The van der Waals surface area contributed by atoms with Crippen LogP contribution >= 0.6 is 0 Å². The molecule has 80 valence electrons. The lowest BCUT2D eigenvalue weighted by Crippen LogP contribution is -2.16. The molecule has 0 aromatic rings. The van der Waals surface area contributed by atoms with Gasteiger partial charge < -0.3 is 0 Å². The van der Waals surface area contributed by atoms with Crippen molar-refractivity contribution in [1.29, 1.82) is 0 Å². The van der Waals surface area contributed by atoms with Gasteiger partial charge in [0.15, 0.2) is 0 Å². The van der Waals surface area contributed by atoms with E-state index in [4.69, 9.17) is 0 Å². The second-order valence-electron chi connectivity index (χ2n) is 3.24. The standard InChI is InChI=1S/C11H15F3/c1-5-10(11(12,13)14)9(4)7-6-8(2)3/h5-7,9H,2H2,1,3-4H3/b7-6+,10-5+. The lowest BCUT2D eigenvalue weighted by Gasteiger charge is -2.15. The maximum atomic E-state index is 12.4. The Morgan fingerprint density at radius 1 is 1.36 bits per heavy atom.